The Morgan fingerprint density at radius 3 is 1.71 bits per heavy atom. The predicted octanol–water partition coefficient (Wildman–Crippen LogP) is 1.37. The van der Waals surface area contributed by atoms with Crippen molar-refractivity contribution in [2.75, 3.05) is 54.9 Å². The van der Waals surface area contributed by atoms with Crippen LogP contribution in [0.5, 0.6) is 0 Å². The summed E-state index contributed by atoms with van der Waals surface area (Å²) in [5, 5.41) is 0. The van der Waals surface area contributed by atoms with Gasteiger partial charge in [-0.25, -0.2) is 0 Å². The Morgan fingerprint density at radius 2 is 1.29 bits per heavy atom. The second-order valence-corrected chi connectivity index (χ2v) is 4.53. The summed E-state index contributed by atoms with van der Waals surface area (Å²) in [4.78, 5) is 17.6. The zero-order chi connectivity index (χ0) is 13.8. The third kappa shape index (κ3) is 13.3. The van der Waals surface area contributed by atoms with Crippen molar-refractivity contribution in [2.24, 2.45) is 0 Å². The molecule has 0 saturated heterocycles. The van der Waals surface area contributed by atoms with E-state index in [0.717, 1.165) is 26.1 Å². The average Bonchev–Trinajstić information content (AvgIpc) is 2.27. The molecule has 0 aromatic rings. The van der Waals surface area contributed by atoms with E-state index >= 15 is 0 Å². The normalized spacial score (nSPS) is 10.2. The molecule has 0 radical (unpaired) electrons. The highest BCUT2D eigenvalue weighted by Crippen LogP contribution is 1.95. The smallest absolute Gasteiger partial charge is 0.223 e. The minimum absolute atomic E-state index is 0.238. The number of rotatable bonds is 7. The first kappa shape index (κ1) is 18.7. The molecule has 4 nitrogen and oxygen atoms in total. The minimum Gasteiger partial charge on any atom is -0.346 e. The summed E-state index contributed by atoms with van der Waals surface area (Å²) in [5.41, 5.74) is 0. The first-order chi connectivity index (χ1) is 7.93. The van der Waals surface area contributed by atoms with Crippen LogP contribution in [0.15, 0.2) is 0 Å². The Bertz CT molecular complexity index is 182. The second kappa shape index (κ2) is 11.9. The lowest BCUT2D eigenvalue weighted by molar-refractivity contribution is -0.130. The van der Waals surface area contributed by atoms with E-state index in [1.807, 2.05) is 58.9 Å². The zero-order valence-corrected chi connectivity index (χ0v) is 12.8. The molecule has 1 amide bonds. The number of nitrogens with zero attached hydrogens (tertiary/aromatic N) is 3. The van der Waals surface area contributed by atoms with Gasteiger partial charge in [0.15, 0.2) is 0 Å². The summed E-state index contributed by atoms with van der Waals surface area (Å²) < 4.78 is 0. The fraction of sp³-hybridized carbons (Fsp3) is 0.923. The average molecular weight is 245 g/mol. The van der Waals surface area contributed by atoms with Crippen LogP contribution >= 0.6 is 0 Å². The standard InChI is InChI=1S/C11H25N3O.C2H6/c1-12(2)8-6-9-14(5)11(15)7-10-13(3)4;1-2/h6-10H2,1-5H3;1-2H3. The van der Waals surface area contributed by atoms with E-state index in [1.54, 1.807) is 0 Å². The zero-order valence-electron chi connectivity index (χ0n) is 12.8. The molecule has 0 spiro atoms. The molecule has 0 heterocycles. The maximum Gasteiger partial charge on any atom is 0.223 e. The molecule has 0 bridgehead atoms. The van der Waals surface area contributed by atoms with Gasteiger partial charge >= 0.3 is 0 Å². The van der Waals surface area contributed by atoms with Gasteiger partial charge in [0.05, 0.1) is 0 Å². The molecule has 4 heteroatoms. The Morgan fingerprint density at radius 1 is 0.824 bits per heavy atom. The molecule has 0 fully saturated rings. The van der Waals surface area contributed by atoms with E-state index in [0.29, 0.717) is 6.42 Å². The van der Waals surface area contributed by atoms with E-state index in [-0.39, 0.29) is 5.91 Å². The third-order valence-corrected chi connectivity index (χ3v) is 2.30. The Kier molecular flexibility index (Phi) is 13.1. The molecule has 0 aromatic heterocycles. The maximum absolute atomic E-state index is 11.6. The van der Waals surface area contributed by atoms with Crippen LogP contribution in [-0.2, 0) is 4.79 Å². The molecule has 0 N–H and O–H groups in total. The topological polar surface area (TPSA) is 26.8 Å². The minimum atomic E-state index is 0.238. The van der Waals surface area contributed by atoms with E-state index in [4.69, 9.17) is 0 Å². The molecule has 0 aliphatic rings. The lowest BCUT2D eigenvalue weighted by Gasteiger charge is -2.19. The Balaban J connectivity index is 0. The number of carbonyl (C=O) groups is 1. The number of carbonyl (C=O) groups excluding carboxylic acids is 1. The van der Waals surface area contributed by atoms with E-state index in [9.17, 15) is 4.79 Å². The van der Waals surface area contributed by atoms with Crippen molar-refractivity contribution < 1.29 is 4.79 Å². The monoisotopic (exact) mass is 245 g/mol. The van der Waals surface area contributed by atoms with E-state index in [1.165, 1.54) is 0 Å². The number of amides is 1. The maximum atomic E-state index is 11.6. The first-order valence-electron chi connectivity index (χ1n) is 6.47. The van der Waals surface area contributed by atoms with E-state index < -0.39 is 0 Å². The SMILES string of the molecule is CC.CN(C)CCCN(C)C(=O)CCN(C)C. The van der Waals surface area contributed by atoms with Crippen molar-refractivity contribution in [1.82, 2.24) is 14.7 Å². The molecule has 0 saturated carbocycles. The summed E-state index contributed by atoms with van der Waals surface area (Å²) in [5.74, 6) is 0.238. The van der Waals surface area contributed by atoms with Crippen molar-refractivity contribution in [3.8, 4) is 0 Å². The lowest BCUT2D eigenvalue weighted by atomic mass is 10.3. The quantitative estimate of drug-likeness (QED) is 0.678. The van der Waals surface area contributed by atoms with Crippen LogP contribution < -0.4 is 0 Å². The van der Waals surface area contributed by atoms with Crippen molar-refractivity contribution in [1.29, 1.82) is 0 Å². The van der Waals surface area contributed by atoms with Gasteiger partial charge in [-0.3, -0.25) is 4.79 Å². The predicted molar refractivity (Wildman–Crippen MR) is 75.3 cm³/mol. The summed E-state index contributed by atoms with van der Waals surface area (Å²) in [7, 11) is 9.95. The van der Waals surface area contributed by atoms with Crippen molar-refractivity contribution in [3.63, 3.8) is 0 Å². The number of hydrogen-bond acceptors (Lipinski definition) is 3. The molecule has 17 heavy (non-hydrogen) atoms. The second-order valence-electron chi connectivity index (χ2n) is 4.53. The molecule has 0 atom stereocenters. The Hall–Kier alpha value is -0.610. The third-order valence-electron chi connectivity index (χ3n) is 2.30. The van der Waals surface area contributed by atoms with Gasteiger partial charge in [0.1, 0.15) is 0 Å². The van der Waals surface area contributed by atoms with Crippen LogP contribution in [-0.4, -0.2) is 75.5 Å². The van der Waals surface area contributed by atoms with Crippen molar-refractivity contribution in [2.45, 2.75) is 26.7 Å². The van der Waals surface area contributed by atoms with Gasteiger partial charge in [0.2, 0.25) is 5.91 Å². The van der Waals surface area contributed by atoms with Gasteiger partial charge in [-0.1, -0.05) is 13.8 Å². The van der Waals surface area contributed by atoms with Crippen molar-refractivity contribution in [3.05, 3.63) is 0 Å². The van der Waals surface area contributed by atoms with Crippen LogP contribution in [0.25, 0.3) is 0 Å². The van der Waals surface area contributed by atoms with Crippen molar-refractivity contribution >= 4 is 5.91 Å². The van der Waals surface area contributed by atoms with Crippen LogP contribution in [0.1, 0.15) is 26.7 Å². The summed E-state index contributed by atoms with van der Waals surface area (Å²) in [6.07, 6.45) is 1.66. The highest BCUT2D eigenvalue weighted by atomic mass is 16.2. The fourth-order valence-corrected chi connectivity index (χ4v) is 1.26. The molecular formula is C13H31N3O. The van der Waals surface area contributed by atoms with Gasteiger partial charge in [-0.05, 0) is 41.2 Å². The highest BCUT2D eigenvalue weighted by Gasteiger charge is 2.08. The molecule has 0 aliphatic carbocycles. The first-order valence-corrected chi connectivity index (χ1v) is 6.47. The van der Waals surface area contributed by atoms with Crippen LogP contribution in [0.3, 0.4) is 0 Å². The molecule has 0 unspecified atom stereocenters. The lowest BCUT2D eigenvalue weighted by Crippen LogP contribution is -2.31. The van der Waals surface area contributed by atoms with Crippen LogP contribution in [0, 0.1) is 0 Å². The molecule has 0 aromatic carbocycles. The van der Waals surface area contributed by atoms with Gasteiger partial charge < -0.3 is 14.7 Å². The van der Waals surface area contributed by atoms with Crippen LogP contribution in [0.4, 0.5) is 0 Å². The largest absolute Gasteiger partial charge is 0.346 e. The summed E-state index contributed by atoms with van der Waals surface area (Å²) >= 11 is 0. The summed E-state index contributed by atoms with van der Waals surface area (Å²) in [6.45, 7) is 6.71. The number of hydrogen-bond donors (Lipinski definition) is 0. The fourth-order valence-electron chi connectivity index (χ4n) is 1.26. The molecule has 104 valence electrons. The summed E-state index contributed by atoms with van der Waals surface area (Å²) in [6, 6.07) is 0. The molecular weight excluding hydrogens is 214 g/mol. The van der Waals surface area contributed by atoms with E-state index in [2.05, 4.69) is 4.90 Å². The molecule has 0 rings (SSSR count). The van der Waals surface area contributed by atoms with Gasteiger partial charge in [-0.15, -0.1) is 0 Å². The highest BCUT2D eigenvalue weighted by molar-refractivity contribution is 5.75. The Labute approximate surface area is 108 Å². The van der Waals surface area contributed by atoms with Gasteiger partial charge in [-0.2, -0.15) is 0 Å². The molecule has 0 aliphatic heterocycles. The van der Waals surface area contributed by atoms with Gasteiger partial charge in [0, 0.05) is 26.6 Å². The van der Waals surface area contributed by atoms with Crippen LogP contribution in [0.2, 0.25) is 0 Å². The van der Waals surface area contributed by atoms with Gasteiger partial charge in [0.25, 0.3) is 0 Å².